The number of sulfonamides is 1. The first-order valence-corrected chi connectivity index (χ1v) is 6.60. The fourth-order valence-electron chi connectivity index (χ4n) is 1.61. The number of amides is 1. The number of nitrogens with one attached hydrogen (secondary N) is 2. The van der Waals surface area contributed by atoms with Gasteiger partial charge in [0.05, 0.1) is 11.7 Å². The smallest absolute Gasteiger partial charge is 0.224 e. The highest BCUT2D eigenvalue weighted by Crippen LogP contribution is 2.15. The fourth-order valence-corrected chi connectivity index (χ4v) is 2.00. The third-order valence-electron chi connectivity index (χ3n) is 2.54. The molecule has 0 radical (unpaired) electrons. The highest BCUT2D eigenvalue weighted by Gasteiger charge is 2.29. The predicted molar refractivity (Wildman–Crippen MR) is 56.5 cm³/mol. The summed E-state index contributed by atoms with van der Waals surface area (Å²) in [6.45, 7) is 3.56. The molecular formula is C8H17N3O3S. The second kappa shape index (κ2) is 4.91. The molecule has 1 saturated heterocycles. The molecule has 0 aromatic rings. The van der Waals surface area contributed by atoms with Gasteiger partial charge in [-0.3, -0.25) is 4.79 Å². The fraction of sp³-hybridized carbons (Fsp3) is 0.875. The molecule has 0 bridgehead atoms. The molecule has 1 rings (SSSR count). The van der Waals surface area contributed by atoms with Crippen molar-refractivity contribution in [3.8, 4) is 0 Å². The van der Waals surface area contributed by atoms with Crippen molar-refractivity contribution in [2.45, 2.75) is 6.92 Å². The Kier molecular flexibility index (Phi) is 4.06. The van der Waals surface area contributed by atoms with Gasteiger partial charge in [-0.25, -0.2) is 13.6 Å². The van der Waals surface area contributed by atoms with Gasteiger partial charge in [-0.1, -0.05) is 6.92 Å². The molecule has 1 aliphatic rings. The van der Waals surface area contributed by atoms with Gasteiger partial charge < -0.3 is 10.6 Å². The average Bonchev–Trinajstić information content (AvgIpc) is 2.48. The van der Waals surface area contributed by atoms with Crippen molar-refractivity contribution in [1.29, 1.82) is 0 Å². The highest BCUT2D eigenvalue weighted by molar-refractivity contribution is 7.89. The summed E-state index contributed by atoms with van der Waals surface area (Å²) in [6, 6.07) is 0. The topological polar surface area (TPSA) is 101 Å². The van der Waals surface area contributed by atoms with Crippen LogP contribution < -0.4 is 15.8 Å². The lowest BCUT2D eigenvalue weighted by Gasteiger charge is -2.13. The molecule has 7 heteroatoms. The van der Waals surface area contributed by atoms with E-state index in [2.05, 4.69) is 10.6 Å². The van der Waals surface area contributed by atoms with Crippen molar-refractivity contribution < 1.29 is 13.2 Å². The Balaban J connectivity index is 2.30. The third kappa shape index (κ3) is 4.15. The van der Waals surface area contributed by atoms with Crippen LogP contribution in [0, 0.1) is 11.8 Å². The van der Waals surface area contributed by atoms with Gasteiger partial charge in [-0.15, -0.1) is 0 Å². The number of primary sulfonamides is 1. The van der Waals surface area contributed by atoms with Crippen molar-refractivity contribution in [2.75, 3.05) is 25.4 Å². The van der Waals surface area contributed by atoms with Gasteiger partial charge in [0.15, 0.2) is 0 Å². The maximum absolute atomic E-state index is 11.6. The minimum atomic E-state index is -3.49. The summed E-state index contributed by atoms with van der Waals surface area (Å²) in [7, 11) is -3.49. The largest absolute Gasteiger partial charge is 0.355 e. The van der Waals surface area contributed by atoms with E-state index in [1.165, 1.54) is 0 Å². The van der Waals surface area contributed by atoms with Gasteiger partial charge in [-0.2, -0.15) is 0 Å². The Morgan fingerprint density at radius 1 is 1.53 bits per heavy atom. The molecule has 88 valence electrons. The normalized spacial score (nSPS) is 26.5. The van der Waals surface area contributed by atoms with Crippen LogP contribution in [0.5, 0.6) is 0 Å². The lowest BCUT2D eigenvalue weighted by Crippen LogP contribution is -2.37. The van der Waals surface area contributed by atoms with Crippen molar-refractivity contribution in [3.63, 3.8) is 0 Å². The number of hydrogen-bond donors (Lipinski definition) is 3. The highest BCUT2D eigenvalue weighted by atomic mass is 32.2. The van der Waals surface area contributed by atoms with Crippen LogP contribution in [0.15, 0.2) is 0 Å². The predicted octanol–water partition coefficient (Wildman–Crippen LogP) is -1.75. The van der Waals surface area contributed by atoms with Crippen LogP contribution in [-0.4, -0.2) is 39.7 Å². The Labute approximate surface area is 89.6 Å². The molecule has 4 N–H and O–H groups in total. The maximum Gasteiger partial charge on any atom is 0.224 e. The first-order chi connectivity index (χ1) is 6.90. The molecule has 6 nitrogen and oxygen atoms in total. The van der Waals surface area contributed by atoms with Crippen LogP contribution in [0.2, 0.25) is 0 Å². The summed E-state index contributed by atoms with van der Waals surface area (Å²) in [6.07, 6.45) is 0. The quantitative estimate of drug-likeness (QED) is 0.537. The van der Waals surface area contributed by atoms with E-state index in [4.69, 9.17) is 5.14 Å². The van der Waals surface area contributed by atoms with E-state index in [-0.39, 0.29) is 24.1 Å². The second-order valence-corrected chi connectivity index (χ2v) is 5.63. The first-order valence-electron chi connectivity index (χ1n) is 4.89. The molecule has 2 atom stereocenters. The number of hydrogen-bond acceptors (Lipinski definition) is 4. The Morgan fingerprint density at radius 3 is 2.67 bits per heavy atom. The molecule has 1 aliphatic heterocycles. The van der Waals surface area contributed by atoms with Crippen LogP contribution in [0.3, 0.4) is 0 Å². The van der Waals surface area contributed by atoms with E-state index in [0.29, 0.717) is 12.5 Å². The van der Waals surface area contributed by atoms with Crippen LogP contribution in [0.1, 0.15) is 6.92 Å². The zero-order chi connectivity index (χ0) is 11.5. The molecule has 1 amide bonds. The summed E-state index contributed by atoms with van der Waals surface area (Å²) in [5, 5.41) is 10.5. The summed E-state index contributed by atoms with van der Waals surface area (Å²) in [5.41, 5.74) is 0. The molecule has 0 aliphatic carbocycles. The molecule has 1 heterocycles. The maximum atomic E-state index is 11.6. The Morgan fingerprint density at radius 2 is 2.20 bits per heavy atom. The van der Waals surface area contributed by atoms with Gasteiger partial charge in [0.1, 0.15) is 0 Å². The molecule has 0 saturated carbocycles. The van der Waals surface area contributed by atoms with E-state index < -0.39 is 10.0 Å². The number of carbonyl (C=O) groups is 1. The molecule has 0 aromatic carbocycles. The average molecular weight is 235 g/mol. The number of rotatable bonds is 4. The van der Waals surface area contributed by atoms with Crippen LogP contribution >= 0.6 is 0 Å². The molecule has 0 aromatic heterocycles. The van der Waals surface area contributed by atoms with Gasteiger partial charge in [0.2, 0.25) is 15.9 Å². The van der Waals surface area contributed by atoms with Crippen LogP contribution in [0.4, 0.5) is 0 Å². The standard InChI is InChI=1S/C8H17N3O3S/c1-6-4-10-5-7(6)8(12)11-2-3-15(9,13)14/h6-7,10H,2-5H2,1H3,(H,11,12)(H2,9,13,14)/t6-,7-/m1/s1. The molecule has 15 heavy (non-hydrogen) atoms. The lowest BCUT2D eigenvalue weighted by molar-refractivity contribution is -0.125. The monoisotopic (exact) mass is 235 g/mol. The Hall–Kier alpha value is -0.660. The van der Waals surface area contributed by atoms with E-state index in [0.717, 1.165) is 6.54 Å². The van der Waals surface area contributed by atoms with Gasteiger partial charge in [0.25, 0.3) is 0 Å². The van der Waals surface area contributed by atoms with Crippen molar-refractivity contribution >= 4 is 15.9 Å². The Bertz CT molecular complexity index is 328. The summed E-state index contributed by atoms with van der Waals surface area (Å²) in [4.78, 5) is 11.6. The zero-order valence-electron chi connectivity index (χ0n) is 8.69. The summed E-state index contributed by atoms with van der Waals surface area (Å²) in [5.74, 6) is -0.0890. The minimum absolute atomic E-state index is 0.0644. The first kappa shape index (κ1) is 12.4. The molecule has 0 spiro atoms. The van der Waals surface area contributed by atoms with Gasteiger partial charge in [0, 0.05) is 13.1 Å². The molecule has 1 fully saturated rings. The van der Waals surface area contributed by atoms with Crippen molar-refractivity contribution in [2.24, 2.45) is 17.0 Å². The summed E-state index contributed by atoms with van der Waals surface area (Å²) < 4.78 is 21.2. The zero-order valence-corrected chi connectivity index (χ0v) is 9.51. The lowest BCUT2D eigenvalue weighted by atomic mass is 9.97. The van der Waals surface area contributed by atoms with Crippen molar-refractivity contribution in [3.05, 3.63) is 0 Å². The van der Waals surface area contributed by atoms with Gasteiger partial charge in [-0.05, 0) is 12.5 Å². The van der Waals surface area contributed by atoms with Gasteiger partial charge >= 0.3 is 0 Å². The number of nitrogens with two attached hydrogens (primary N) is 1. The van der Waals surface area contributed by atoms with E-state index in [1.807, 2.05) is 6.92 Å². The van der Waals surface area contributed by atoms with E-state index >= 15 is 0 Å². The van der Waals surface area contributed by atoms with Crippen LogP contribution in [-0.2, 0) is 14.8 Å². The van der Waals surface area contributed by atoms with E-state index in [1.54, 1.807) is 0 Å². The summed E-state index contributed by atoms with van der Waals surface area (Å²) >= 11 is 0. The SMILES string of the molecule is C[C@@H]1CNC[C@H]1C(=O)NCCS(N)(=O)=O. The second-order valence-electron chi connectivity index (χ2n) is 3.90. The minimum Gasteiger partial charge on any atom is -0.355 e. The third-order valence-corrected chi connectivity index (χ3v) is 3.31. The van der Waals surface area contributed by atoms with Crippen LogP contribution in [0.25, 0.3) is 0 Å². The van der Waals surface area contributed by atoms with E-state index in [9.17, 15) is 13.2 Å². The molecule has 0 unspecified atom stereocenters. The number of carbonyl (C=O) groups excluding carboxylic acids is 1. The molecular weight excluding hydrogens is 218 g/mol. The van der Waals surface area contributed by atoms with Crippen molar-refractivity contribution in [1.82, 2.24) is 10.6 Å².